The summed E-state index contributed by atoms with van der Waals surface area (Å²) in [6.45, 7) is 6.05. The maximum atomic E-state index is 12.8. The standard InChI is InChI=1S/C18H28N2O4S/c1-3-10-20(11-4-2)25(22,23)17-9-5-7-15(13-17)18(21)19-14-16-8-6-12-24-16/h5,7,9,13,16H,3-4,6,8,10-12,14H2,1-2H3,(H,19,21)/t16-/m0/s1. The van der Waals surface area contributed by atoms with E-state index in [1.807, 2.05) is 13.8 Å². The predicted molar refractivity (Wildman–Crippen MR) is 97.1 cm³/mol. The number of rotatable bonds is 9. The van der Waals surface area contributed by atoms with Crippen LogP contribution in [0.3, 0.4) is 0 Å². The van der Waals surface area contributed by atoms with Crippen LogP contribution in [-0.2, 0) is 14.8 Å². The van der Waals surface area contributed by atoms with Crippen molar-refractivity contribution in [2.75, 3.05) is 26.2 Å². The van der Waals surface area contributed by atoms with Gasteiger partial charge in [-0.3, -0.25) is 4.79 Å². The van der Waals surface area contributed by atoms with Crippen LogP contribution in [0.4, 0.5) is 0 Å². The molecule has 1 aliphatic heterocycles. The maximum Gasteiger partial charge on any atom is 0.251 e. The number of nitrogens with zero attached hydrogens (tertiary/aromatic N) is 1. The molecule has 25 heavy (non-hydrogen) atoms. The second-order valence-electron chi connectivity index (χ2n) is 6.28. The predicted octanol–water partition coefficient (Wildman–Crippen LogP) is 2.41. The summed E-state index contributed by atoms with van der Waals surface area (Å²) in [6, 6.07) is 6.25. The molecule has 0 bridgehead atoms. The van der Waals surface area contributed by atoms with Crippen molar-refractivity contribution in [1.82, 2.24) is 9.62 Å². The number of nitrogens with one attached hydrogen (secondary N) is 1. The smallest absolute Gasteiger partial charge is 0.251 e. The molecule has 1 aromatic rings. The Kier molecular flexibility index (Phi) is 7.40. The number of sulfonamides is 1. The zero-order chi connectivity index (χ0) is 18.3. The Hall–Kier alpha value is -1.44. The number of hydrogen-bond donors (Lipinski definition) is 1. The van der Waals surface area contributed by atoms with Crippen molar-refractivity contribution in [3.63, 3.8) is 0 Å². The minimum Gasteiger partial charge on any atom is -0.376 e. The van der Waals surface area contributed by atoms with Gasteiger partial charge in [-0.05, 0) is 43.9 Å². The highest BCUT2D eigenvalue weighted by molar-refractivity contribution is 7.89. The molecule has 0 saturated carbocycles. The average molecular weight is 368 g/mol. The first-order valence-corrected chi connectivity index (χ1v) is 10.4. The van der Waals surface area contributed by atoms with Gasteiger partial charge >= 0.3 is 0 Å². The molecule has 1 atom stereocenters. The number of carbonyl (C=O) groups is 1. The summed E-state index contributed by atoms with van der Waals surface area (Å²) in [5, 5.41) is 2.83. The van der Waals surface area contributed by atoms with Crippen molar-refractivity contribution in [3.8, 4) is 0 Å². The quantitative estimate of drug-likeness (QED) is 0.726. The monoisotopic (exact) mass is 368 g/mol. The number of carbonyl (C=O) groups excluding carboxylic acids is 1. The fraction of sp³-hybridized carbons (Fsp3) is 0.611. The molecule has 0 radical (unpaired) electrons. The van der Waals surface area contributed by atoms with Crippen molar-refractivity contribution < 1.29 is 17.9 Å². The molecule has 1 fully saturated rings. The van der Waals surface area contributed by atoms with Crippen LogP contribution in [0.25, 0.3) is 0 Å². The van der Waals surface area contributed by atoms with Crippen molar-refractivity contribution in [1.29, 1.82) is 0 Å². The zero-order valence-electron chi connectivity index (χ0n) is 15.0. The summed E-state index contributed by atoms with van der Waals surface area (Å²) < 4.78 is 32.6. The van der Waals surface area contributed by atoms with Gasteiger partial charge in [0.1, 0.15) is 0 Å². The highest BCUT2D eigenvalue weighted by atomic mass is 32.2. The Morgan fingerprint density at radius 3 is 2.60 bits per heavy atom. The lowest BCUT2D eigenvalue weighted by Gasteiger charge is -2.21. The van der Waals surface area contributed by atoms with E-state index in [0.717, 1.165) is 32.3 Å². The van der Waals surface area contributed by atoms with Crippen molar-refractivity contribution in [2.24, 2.45) is 0 Å². The second-order valence-corrected chi connectivity index (χ2v) is 8.21. The lowest BCUT2D eigenvalue weighted by molar-refractivity contribution is 0.0857. The van der Waals surface area contributed by atoms with Crippen LogP contribution in [0.2, 0.25) is 0 Å². The summed E-state index contributed by atoms with van der Waals surface area (Å²) in [6.07, 6.45) is 3.51. The third-order valence-electron chi connectivity index (χ3n) is 4.19. The van der Waals surface area contributed by atoms with Gasteiger partial charge in [0, 0.05) is 31.8 Å². The molecule has 0 aromatic heterocycles. The van der Waals surface area contributed by atoms with E-state index in [9.17, 15) is 13.2 Å². The Morgan fingerprint density at radius 2 is 2.00 bits per heavy atom. The highest BCUT2D eigenvalue weighted by Gasteiger charge is 2.24. The van der Waals surface area contributed by atoms with E-state index in [1.165, 1.54) is 10.4 Å². The molecule has 1 aromatic carbocycles. The fourth-order valence-corrected chi connectivity index (χ4v) is 4.58. The molecule has 140 valence electrons. The van der Waals surface area contributed by atoms with Crippen LogP contribution >= 0.6 is 0 Å². The van der Waals surface area contributed by atoms with Crippen LogP contribution in [0, 0.1) is 0 Å². The molecule has 2 rings (SSSR count). The lowest BCUT2D eigenvalue weighted by atomic mass is 10.2. The third kappa shape index (κ3) is 5.26. The molecule has 1 N–H and O–H groups in total. The summed E-state index contributed by atoms with van der Waals surface area (Å²) in [4.78, 5) is 12.5. The summed E-state index contributed by atoms with van der Waals surface area (Å²) >= 11 is 0. The Labute approximate surface area is 150 Å². The molecular formula is C18H28N2O4S. The van der Waals surface area contributed by atoms with E-state index in [1.54, 1.807) is 18.2 Å². The molecule has 0 spiro atoms. The maximum absolute atomic E-state index is 12.8. The molecule has 7 heteroatoms. The van der Waals surface area contributed by atoms with Gasteiger partial charge in [-0.2, -0.15) is 4.31 Å². The number of benzene rings is 1. The van der Waals surface area contributed by atoms with E-state index < -0.39 is 10.0 Å². The van der Waals surface area contributed by atoms with E-state index in [4.69, 9.17) is 4.74 Å². The molecule has 6 nitrogen and oxygen atoms in total. The SMILES string of the molecule is CCCN(CCC)S(=O)(=O)c1cccc(C(=O)NC[C@@H]2CCCO2)c1. The average Bonchev–Trinajstić information content (AvgIpc) is 3.13. The molecule has 1 saturated heterocycles. The van der Waals surface area contributed by atoms with Gasteiger partial charge in [-0.1, -0.05) is 19.9 Å². The van der Waals surface area contributed by atoms with Gasteiger partial charge in [0.05, 0.1) is 11.0 Å². The fourth-order valence-electron chi connectivity index (χ4n) is 2.91. The first-order chi connectivity index (χ1) is 12.0. The summed E-state index contributed by atoms with van der Waals surface area (Å²) in [5.74, 6) is -0.273. The van der Waals surface area contributed by atoms with Crippen molar-refractivity contribution in [2.45, 2.75) is 50.5 Å². The van der Waals surface area contributed by atoms with Gasteiger partial charge in [-0.25, -0.2) is 8.42 Å². The van der Waals surface area contributed by atoms with E-state index in [0.29, 0.717) is 25.2 Å². The largest absolute Gasteiger partial charge is 0.376 e. The van der Waals surface area contributed by atoms with Crippen LogP contribution < -0.4 is 5.32 Å². The van der Waals surface area contributed by atoms with Gasteiger partial charge in [-0.15, -0.1) is 0 Å². The van der Waals surface area contributed by atoms with Gasteiger partial charge in [0.15, 0.2) is 0 Å². The van der Waals surface area contributed by atoms with E-state index in [-0.39, 0.29) is 16.9 Å². The normalized spacial score (nSPS) is 17.8. The summed E-state index contributed by atoms with van der Waals surface area (Å²) in [5.41, 5.74) is 0.354. The van der Waals surface area contributed by atoms with Crippen LogP contribution in [-0.4, -0.2) is 51.0 Å². The van der Waals surface area contributed by atoms with Crippen LogP contribution in [0.15, 0.2) is 29.2 Å². The van der Waals surface area contributed by atoms with Gasteiger partial charge < -0.3 is 10.1 Å². The Balaban J connectivity index is 2.11. The Bertz CT molecular complexity index is 663. The van der Waals surface area contributed by atoms with Crippen LogP contribution in [0.1, 0.15) is 49.9 Å². The topological polar surface area (TPSA) is 75.7 Å². The molecule has 1 aliphatic rings. The minimum atomic E-state index is -3.58. The van der Waals surface area contributed by atoms with E-state index >= 15 is 0 Å². The Morgan fingerprint density at radius 1 is 1.28 bits per heavy atom. The van der Waals surface area contributed by atoms with E-state index in [2.05, 4.69) is 5.32 Å². The highest BCUT2D eigenvalue weighted by Crippen LogP contribution is 2.18. The van der Waals surface area contributed by atoms with Crippen LogP contribution in [0.5, 0.6) is 0 Å². The number of ether oxygens (including phenoxy) is 1. The second kappa shape index (κ2) is 9.31. The number of amides is 1. The first-order valence-electron chi connectivity index (χ1n) is 8.99. The summed E-state index contributed by atoms with van der Waals surface area (Å²) in [7, 11) is -3.58. The lowest BCUT2D eigenvalue weighted by Crippen LogP contribution is -2.33. The van der Waals surface area contributed by atoms with Gasteiger partial charge in [0.25, 0.3) is 5.91 Å². The first kappa shape index (κ1) is 19.9. The van der Waals surface area contributed by atoms with Gasteiger partial charge in [0.2, 0.25) is 10.0 Å². The van der Waals surface area contributed by atoms with Crippen molar-refractivity contribution >= 4 is 15.9 Å². The zero-order valence-corrected chi connectivity index (χ0v) is 15.8. The third-order valence-corrected chi connectivity index (χ3v) is 6.09. The molecule has 1 heterocycles. The number of hydrogen-bond acceptors (Lipinski definition) is 4. The molecular weight excluding hydrogens is 340 g/mol. The molecule has 0 unspecified atom stereocenters. The van der Waals surface area contributed by atoms with Crippen molar-refractivity contribution in [3.05, 3.63) is 29.8 Å². The minimum absolute atomic E-state index is 0.0560. The molecule has 0 aliphatic carbocycles. The molecule has 1 amide bonds.